The van der Waals surface area contributed by atoms with Crippen LogP contribution in [0.1, 0.15) is 23.3 Å². The Morgan fingerprint density at radius 1 is 1.46 bits per heavy atom. The quantitative estimate of drug-likeness (QED) is 0.878. The van der Waals surface area contributed by atoms with Crippen LogP contribution >= 0.6 is 0 Å². The van der Waals surface area contributed by atoms with Crippen molar-refractivity contribution in [3.63, 3.8) is 0 Å². The normalized spacial score (nSPS) is 18.5. The number of nitrogens with zero attached hydrogens (tertiary/aromatic N) is 3. The molecule has 3 rings (SSSR count). The number of aromatic nitrogens is 2. The van der Waals surface area contributed by atoms with Crippen LogP contribution in [0, 0.1) is 0 Å². The Hall–Kier alpha value is -2.26. The molecule has 0 aliphatic carbocycles. The third kappa shape index (κ3) is 3.98. The molecule has 0 bridgehead atoms. The minimum Gasteiger partial charge on any atom is -0.355 e. The van der Waals surface area contributed by atoms with E-state index in [-0.39, 0.29) is 17.6 Å². The number of pyridine rings is 1. The van der Waals surface area contributed by atoms with Gasteiger partial charge in [0.15, 0.2) is 11.5 Å². The van der Waals surface area contributed by atoms with Crippen LogP contribution in [0.25, 0.3) is 11.3 Å². The zero-order chi connectivity index (χ0) is 17.2. The monoisotopic (exact) mass is 350 g/mol. The predicted molar refractivity (Wildman–Crippen MR) is 86.6 cm³/mol. The maximum Gasteiger partial charge on any atom is 0.276 e. The zero-order valence-corrected chi connectivity index (χ0v) is 14.0. The second-order valence-corrected chi connectivity index (χ2v) is 7.58. The van der Waals surface area contributed by atoms with Crippen molar-refractivity contribution in [2.75, 3.05) is 19.3 Å². The van der Waals surface area contributed by atoms with E-state index in [0.717, 1.165) is 18.2 Å². The number of nitrogens with one attached hydrogen (secondary N) is 1. The summed E-state index contributed by atoms with van der Waals surface area (Å²) >= 11 is 0. The SMILES string of the molecule is CS(=O)(=O)NC1CCCN(C(=O)c2cc(-c3cccnc3)on2)C1. The molecule has 1 aliphatic rings. The topological polar surface area (TPSA) is 105 Å². The fourth-order valence-corrected chi connectivity index (χ4v) is 3.54. The number of carbonyl (C=O) groups is 1. The lowest BCUT2D eigenvalue weighted by Crippen LogP contribution is -2.49. The Bertz CT molecular complexity index is 819. The summed E-state index contributed by atoms with van der Waals surface area (Å²) in [5.41, 5.74) is 0.938. The average molecular weight is 350 g/mol. The van der Waals surface area contributed by atoms with Gasteiger partial charge in [-0.1, -0.05) is 5.16 Å². The van der Waals surface area contributed by atoms with Crippen molar-refractivity contribution >= 4 is 15.9 Å². The number of sulfonamides is 1. The van der Waals surface area contributed by atoms with Gasteiger partial charge in [-0.05, 0) is 25.0 Å². The fraction of sp³-hybridized carbons (Fsp3) is 0.400. The number of amides is 1. The van der Waals surface area contributed by atoms with E-state index in [4.69, 9.17) is 4.52 Å². The van der Waals surface area contributed by atoms with Crippen LogP contribution in [0.15, 0.2) is 35.1 Å². The number of carbonyl (C=O) groups excluding carboxylic acids is 1. The van der Waals surface area contributed by atoms with Crippen molar-refractivity contribution < 1.29 is 17.7 Å². The van der Waals surface area contributed by atoms with Crippen molar-refractivity contribution in [3.8, 4) is 11.3 Å². The highest BCUT2D eigenvalue weighted by Gasteiger charge is 2.28. The highest BCUT2D eigenvalue weighted by molar-refractivity contribution is 7.88. The molecule has 128 valence electrons. The second-order valence-electron chi connectivity index (χ2n) is 5.80. The van der Waals surface area contributed by atoms with Gasteiger partial charge in [0.05, 0.1) is 6.26 Å². The van der Waals surface area contributed by atoms with Gasteiger partial charge in [0.25, 0.3) is 5.91 Å². The summed E-state index contributed by atoms with van der Waals surface area (Å²) in [7, 11) is -3.30. The molecule has 1 aliphatic heterocycles. The second kappa shape index (κ2) is 6.70. The van der Waals surface area contributed by atoms with Crippen LogP contribution in [-0.2, 0) is 10.0 Å². The molecule has 1 fully saturated rings. The zero-order valence-electron chi connectivity index (χ0n) is 13.2. The van der Waals surface area contributed by atoms with Crippen LogP contribution < -0.4 is 4.72 Å². The van der Waals surface area contributed by atoms with Crippen molar-refractivity contribution in [2.24, 2.45) is 0 Å². The van der Waals surface area contributed by atoms with E-state index in [1.165, 1.54) is 0 Å². The first-order valence-electron chi connectivity index (χ1n) is 7.56. The third-order valence-corrected chi connectivity index (χ3v) is 4.53. The maximum absolute atomic E-state index is 12.6. The first-order chi connectivity index (χ1) is 11.4. The van der Waals surface area contributed by atoms with Gasteiger partial charge in [0.2, 0.25) is 10.0 Å². The summed E-state index contributed by atoms with van der Waals surface area (Å²) in [6.07, 6.45) is 5.82. The molecule has 3 heterocycles. The molecule has 1 saturated heterocycles. The molecule has 1 unspecified atom stereocenters. The minimum atomic E-state index is -3.30. The molecule has 24 heavy (non-hydrogen) atoms. The average Bonchev–Trinajstić information content (AvgIpc) is 3.03. The van der Waals surface area contributed by atoms with Crippen molar-refractivity contribution in [1.29, 1.82) is 0 Å². The molecule has 0 aromatic carbocycles. The van der Waals surface area contributed by atoms with E-state index in [0.29, 0.717) is 25.3 Å². The van der Waals surface area contributed by atoms with E-state index in [1.54, 1.807) is 29.4 Å². The molecule has 2 aromatic rings. The highest BCUT2D eigenvalue weighted by Crippen LogP contribution is 2.21. The van der Waals surface area contributed by atoms with Crippen molar-refractivity contribution in [3.05, 3.63) is 36.3 Å². The maximum atomic E-state index is 12.6. The molecular weight excluding hydrogens is 332 g/mol. The van der Waals surface area contributed by atoms with E-state index < -0.39 is 10.0 Å². The number of likely N-dealkylation sites (tertiary alicyclic amines) is 1. The molecule has 0 radical (unpaired) electrons. The van der Waals surface area contributed by atoms with Gasteiger partial charge in [-0.2, -0.15) is 0 Å². The summed E-state index contributed by atoms with van der Waals surface area (Å²) in [5, 5.41) is 3.83. The summed E-state index contributed by atoms with van der Waals surface area (Å²) < 4.78 is 30.5. The largest absolute Gasteiger partial charge is 0.355 e. The van der Waals surface area contributed by atoms with Gasteiger partial charge < -0.3 is 9.42 Å². The molecule has 0 saturated carbocycles. The molecule has 0 spiro atoms. The van der Waals surface area contributed by atoms with Gasteiger partial charge in [-0.25, -0.2) is 13.1 Å². The predicted octanol–water partition coefficient (Wildman–Crippen LogP) is 0.890. The Balaban J connectivity index is 1.71. The van der Waals surface area contributed by atoms with Crippen LogP contribution in [-0.4, -0.2) is 54.8 Å². The van der Waals surface area contributed by atoms with E-state index in [2.05, 4.69) is 14.9 Å². The highest BCUT2D eigenvalue weighted by atomic mass is 32.2. The minimum absolute atomic E-state index is 0.203. The summed E-state index contributed by atoms with van der Waals surface area (Å²) in [4.78, 5) is 18.2. The van der Waals surface area contributed by atoms with Crippen molar-refractivity contribution in [1.82, 2.24) is 19.8 Å². The standard InChI is InChI=1S/C15H18N4O4S/c1-24(21,22)18-12-5-3-7-19(10-12)15(20)13-8-14(23-17-13)11-4-2-6-16-9-11/h2,4,6,8-9,12,18H,3,5,7,10H2,1H3. The van der Waals surface area contributed by atoms with E-state index in [9.17, 15) is 13.2 Å². The Morgan fingerprint density at radius 2 is 2.29 bits per heavy atom. The lowest BCUT2D eigenvalue weighted by atomic mass is 10.1. The molecule has 1 amide bonds. The molecule has 8 nitrogen and oxygen atoms in total. The molecule has 2 aromatic heterocycles. The van der Waals surface area contributed by atoms with Gasteiger partial charge in [-0.15, -0.1) is 0 Å². The van der Waals surface area contributed by atoms with Crippen LogP contribution in [0.3, 0.4) is 0 Å². The molecular formula is C15H18N4O4S. The van der Waals surface area contributed by atoms with Crippen molar-refractivity contribution in [2.45, 2.75) is 18.9 Å². The van der Waals surface area contributed by atoms with Crippen LogP contribution in [0.5, 0.6) is 0 Å². The van der Waals surface area contributed by atoms with Crippen LogP contribution in [0.2, 0.25) is 0 Å². The lowest BCUT2D eigenvalue weighted by Gasteiger charge is -2.32. The summed E-state index contributed by atoms with van der Waals surface area (Å²) in [5.74, 6) is 0.197. The van der Waals surface area contributed by atoms with Crippen LogP contribution in [0.4, 0.5) is 0 Å². The molecule has 1 N–H and O–H groups in total. The molecule has 1 atom stereocenters. The van der Waals surface area contributed by atoms with Gasteiger partial charge in [-0.3, -0.25) is 9.78 Å². The smallest absolute Gasteiger partial charge is 0.276 e. The van der Waals surface area contributed by atoms with Gasteiger partial charge >= 0.3 is 0 Å². The lowest BCUT2D eigenvalue weighted by molar-refractivity contribution is 0.0692. The summed E-state index contributed by atoms with van der Waals surface area (Å²) in [6.45, 7) is 0.886. The first-order valence-corrected chi connectivity index (χ1v) is 9.45. The first kappa shape index (κ1) is 16.6. The summed E-state index contributed by atoms with van der Waals surface area (Å²) in [6, 6.07) is 4.88. The third-order valence-electron chi connectivity index (χ3n) is 3.76. The number of piperidine rings is 1. The van der Waals surface area contributed by atoms with Gasteiger partial charge in [0.1, 0.15) is 0 Å². The Kier molecular flexibility index (Phi) is 4.63. The number of hydrogen-bond acceptors (Lipinski definition) is 6. The Labute approximate surface area is 139 Å². The number of rotatable bonds is 4. The molecule has 9 heteroatoms. The Morgan fingerprint density at radius 3 is 3.00 bits per heavy atom. The van der Waals surface area contributed by atoms with Gasteiger partial charge in [0, 0.05) is 43.2 Å². The number of hydrogen-bond donors (Lipinski definition) is 1. The fourth-order valence-electron chi connectivity index (χ4n) is 2.74. The van der Waals surface area contributed by atoms with E-state index in [1.807, 2.05) is 6.07 Å². The van der Waals surface area contributed by atoms with E-state index >= 15 is 0 Å².